The highest BCUT2D eigenvalue weighted by atomic mass is 35.6. The van der Waals surface area contributed by atoms with Gasteiger partial charge in [-0.3, -0.25) is 4.79 Å². The quantitative estimate of drug-likeness (QED) is 0.330. The molecular formula is C17H9Cl6N3O2. The van der Waals surface area contributed by atoms with Gasteiger partial charge in [0.1, 0.15) is 5.75 Å². The Labute approximate surface area is 189 Å². The predicted molar refractivity (Wildman–Crippen MR) is 112 cm³/mol. The van der Waals surface area contributed by atoms with Gasteiger partial charge < -0.3 is 4.74 Å². The third-order valence-electron chi connectivity index (χ3n) is 3.69. The Bertz CT molecular complexity index is 1030. The third kappa shape index (κ3) is 4.40. The van der Waals surface area contributed by atoms with E-state index < -0.39 is 13.4 Å². The van der Waals surface area contributed by atoms with Gasteiger partial charge in [-0.25, -0.2) is 15.0 Å². The maximum atomic E-state index is 13.2. The van der Waals surface area contributed by atoms with E-state index in [2.05, 4.69) is 15.0 Å². The molecule has 1 aromatic heterocycles. The Morgan fingerprint density at radius 3 is 1.89 bits per heavy atom. The SMILES string of the molecule is COc1cccc2c(C(=O)c3nc(C(Cl)(Cl)Cl)nc(C(Cl)(Cl)Cl)n3)cccc12. The first kappa shape index (κ1) is 21.6. The molecule has 0 fully saturated rings. The van der Waals surface area contributed by atoms with Gasteiger partial charge >= 0.3 is 0 Å². The zero-order valence-corrected chi connectivity index (χ0v) is 18.4. The van der Waals surface area contributed by atoms with Crippen LogP contribution in [0.5, 0.6) is 5.75 Å². The number of rotatable bonds is 3. The summed E-state index contributed by atoms with van der Waals surface area (Å²) in [4.78, 5) is 25.0. The molecule has 0 amide bonds. The molecule has 28 heavy (non-hydrogen) atoms. The number of alkyl halides is 6. The van der Waals surface area contributed by atoms with Crippen molar-refractivity contribution in [1.82, 2.24) is 15.0 Å². The van der Waals surface area contributed by atoms with Crippen molar-refractivity contribution in [1.29, 1.82) is 0 Å². The van der Waals surface area contributed by atoms with E-state index in [1.807, 2.05) is 6.07 Å². The summed E-state index contributed by atoms with van der Waals surface area (Å²) < 4.78 is 1.24. The monoisotopic (exact) mass is 497 g/mol. The van der Waals surface area contributed by atoms with Crippen LogP contribution in [0.1, 0.15) is 27.8 Å². The zero-order valence-electron chi connectivity index (χ0n) is 13.9. The van der Waals surface area contributed by atoms with E-state index in [-0.39, 0.29) is 17.5 Å². The van der Waals surface area contributed by atoms with Crippen LogP contribution >= 0.6 is 69.6 Å². The van der Waals surface area contributed by atoms with Crippen LogP contribution in [0.25, 0.3) is 10.8 Å². The number of benzene rings is 2. The van der Waals surface area contributed by atoms with Crippen molar-refractivity contribution in [3.05, 3.63) is 59.4 Å². The number of carbonyl (C=O) groups is 1. The molecule has 0 saturated carbocycles. The second-order valence-electron chi connectivity index (χ2n) is 5.49. The molecule has 0 aliphatic heterocycles. The van der Waals surface area contributed by atoms with E-state index in [4.69, 9.17) is 74.3 Å². The Morgan fingerprint density at radius 1 is 0.821 bits per heavy atom. The molecule has 0 spiro atoms. The van der Waals surface area contributed by atoms with Crippen molar-refractivity contribution in [2.45, 2.75) is 7.59 Å². The van der Waals surface area contributed by atoms with E-state index in [9.17, 15) is 4.79 Å². The lowest BCUT2D eigenvalue weighted by molar-refractivity contribution is 0.103. The summed E-state index contributed by atoms with van der Waals surface area (Å²) in [5, 5.41) is 1.35. The number of nitrogens with zero attached hydrogens (tertiary/aromatic N) is 3. The molecule has 0 aliphatic carbocycles. The number of ether oxygens (including phenoxy) is 1. The first-order chi connectivity index (χ1) is 13.0. The molecule has 3 aromatic rings. The Morgan fingerprint density at radius 2 is 1.36 bits per heavy atom. The fourth-order valence-corrected chi connectivity index (χ4v) is 3.02. The van der Waals surface area contributed by atoms with E-state index in [1.54, 1.807) is 30.3 Å². The van der Waals surface area contributed by atoms with Crippen LogP contribution in [0.2, 0.25) is 0 Å². The minimum atomic E-state index is -2.05. The standard InChI is InChI=1S/C17H9Cl6N3O2/c1-28-11-7-3-4-8-9(11)5-2-6-10(8)12(27)13-24-14(16(18,19)20)26-15(25-13)17(21,22)23/h2-7H,1H3. The maximum absolute atomic E-state index is 13.2. The van der Waals surface area contributed by atoms with E-state index >= 15 is 0 Å². The fraction of sp³-hybridized carbons (Fsp3) is 0.176. The Kier molecular flexibility index (Phi) is 6.16. The van der Waals surface area contributed by atoms with Gasteiger partial charge in [0, 0.05) is 10.9 Å². The second kappa shape index (κ2) is 7.98. The fourth-order valence-electron chi connectivity index (χ4n) is 2.51. The lowest BCUT2D eigenvalue weighted by Gasteiger charge is -2.15. The molecule has 0 aliphatic rings. The van der Waals surface area contributed by atoms with Gasteiger partial charge in [-0.1, -0.05) is 99.9 Å². The third-order valence-corrected chi connectivity index (χ3v) is 4.71. The van der Waals surface area contributed by atoms with Crippen LogP contribution in [0.3, 0.4) is 0 Å². The van der Waals surface area contributed by atoms with Crippen LogP contribution in [0.4, 0.5) is 0 Å². The molecule has 0 saturated heterocycles. The van der Waals surface area contributed by atoms with Gasteiger partial charge in [-0.15, -0.1) is 0 Å². The number of methoxy groups -OCH3 is 1. The molecule has 3 rings (SSSR count). The van der Waals surface area contributed by atoms with Crippen LogP contribution in [-0.4, -0.2) is 27.8 Å². The first-order valence-electron chi connectivity index (χ1n) is 7.53. The van der Waals surface area contributed by atoms with Crippen LogP contribution in [0, 0.1) is 0 Å². The van der Waals surface area contributed by atoms with Gasteiger partial charge in [-0.2, -0.15) is 0 Å². The predicted octanol–water partition coefficient (Wildman–Crippen LogP) is 5.92. The molecule has 2 aromatic carbocycles. The zero-order chi connectivity index (χ0) is 20.7. The highest BCUT2D eigenvalue weighted by molar-refractivity contribution is 6.67. The van der Waals surface area contributed by atoms with Crippen LogP contribution < -0.4 is 4.74 Å². The van der Waals surface area contributed by atoms with Gasteiger partial charge in [0.25, 0.3) is 0 Å². The van der Waals surface area contributed by atoms with Gasteiger partial charge in [0.15, 0.2) is 11.6 Å². The number of halogens is 6. The topological polar surface area (TPSA) is 65.0 Å². The number of hydrogen-bond donors (Lipinski definition) is 0. The van der Waals surface area contributed by atoms with Crippen LogP contribution in [-0.2, 0) is 7.59 Å². The largest absolute Gasteiger partial charge is 0.496 e. The first-order valence-corrected chi connectivity index (χ1v) is 9.80. The Hall–Kier alpha value is -1.08. The minimum absolute atomic E-state index is 0.299. The lowest BCUT2D eigenvalue weighted by Crippen LogP contribution is -2.20. The van der Waals surface area contributed by atoms with Crippen molar-refractivity contribution in [3.8, 4) is 5.75 Å². The summed E-state index contributed by atoms with van der Waals surface area (Å²) >= 11 is 35.2. The van der Waals surface area contributed by atoms with Crippen molar-refractivity contribution < 1.29 is 9.53 Å². The summed E-state index contributed by atoms with van der Waals surface area (Å²) in [7, 11) is 1.54. The number of ketones is 1. The summed E-state index contributed by atoms with van der Waals surface area (Å²) in [5.74, 6) is -0.961. The summed E-state index contributed by atoms with van der Waals surface area (Å²) in [6.07, 6.45) is 0. The van der Waals surface area contributed by atoms with E-state index in [1.165, 1.54) is 7.11 Å². The normalized spacial score (nSPS) is 12.2. The smallest absolute Gasteiger partial charge is 0.250 e. The van der Waals surface area contributed by atoms with E-state index in [0.29, 0.717) is 16.7 Å². The minimum Gasteiger partial charge on any atom is -0.496 e. The van der Waals surface area contributed by atoms with Gasteiger partial charge in [0.05, 0.1) is 7.11 Å². The summed E-state index contributed by atoms with van der Waals surface area (Å²) in [5.41, 5.74) is 0.299. The number of fused-ring (bicyclic) bond motifs is 1. The number of hydrogen-bond acceptors (Lipinski definition) is 5. The molecule has 0 N–H and O–H groups in total. The summed E-state index contributed by atoms with van der Waals surface area (Å²) in [6, 6.07) is 10.4. The molecule has 0 atom stereocenters. The molecule has 146 valence electrons. The van der Waals surface area contributed by atoms with Gasteiger partial charge in [0.2, 0.25) is 19.2 Å². The molecule has 5 nitrogen and oxygen atoms in total. The van der Waals surface area contributed by atoms with Crippen molar-refractivity contribution in [2.24, 2.45) is 0 Å². The molecule has 11 heteroatoms. The molecule has 0 unspecified atom stereocenters. The number of carbonyl (C=O) groups excluding carboxylic acids is 1. The maximum Gasteiger partial charge on any atom is 0.250 e. The highest BCUT2D eigenvalue weighted by Gasteiger charge is 2.35. The molecule has 0 bridgehead atoms. The highest BCUT2D eigenvalue weighted by Crippen LogP contribution is 2.40. The van der Waals surface area contributed by atoms with Gasteiger partial charge in [-0.05, 0) is 11.5 Å². The molecular weight excluding hydrogens is 491 g/mol. The summed E-state index contributed by atoms with van der Waals surface area (Å²) in [6.45, 7) is 0. The van der Waals surface area contributed by atoms with E-state index in [0.717, 1.165) is 5.39 Å². The second-order valence-corrected chi connectivity index (χ2v) is 10.1. The van der Waals surface area contributed by atoms with Crippen molar-refractivity contribution >= 4 is 86.2 Å². The molecule has 1 heterocycles. The molecule has 0 radical (unpaired) electrons. The van der Waals surface area contributed by atoms with Crippen molar-refractivity contribution in [2.75, 3.05) is 7.11 Å². The van der Waals surface area contributed by atoms with Crippen molar-refractivity contribution in [3.63, 3.8) is 0 Å². The lowest BCUT2D eigenvalue weighted by atomic mass is 10.0. The van der Waals surface area contributed by atoms with Crippen LogP contribution in [0.15, 0.2) is 36.4 Å². The Balaban J connectivity index is 2.22. The average molecular weight is 500 g/mol. The average Bonchev–Trinajstić information content (AvgIpc) is 2.64. The number of aromatic nitrogens is 3.